The third-order valence-corrected chi connectivity index (χ3v) is 8.59. The van der Waals surface area contributed by atoms with E-state index >= 15 is 0 Å². The fraction of sp³-hybridized carbons (Fsp3) is 0.762. The number of hydrogen-bond acceptors (Lipinski definition) is 4. The van der Waals surface area contributed by atoms with Gasteiger partial charge in [0.25, 0.3) is 0 Å². The standard InChI is InChI=1S/C21H30N2OS/c1-11-7-8-15-14-5-4-6-16(20(14)24-21(15)23-11)19-18-12(2)13(3)25-17(18)9-10-22-19/h9,12-15,18-19,21-22H,4-8,10H2,1-3H3/t12-,13+,14?,15?,18?,19-,21?/m0/s1/i1D3. The molecule has 0 aromatic rings. The molecule has 4 unspecified atom stereocenters. The van der Waals surface area contributed by atoms with E-state index in [9.17, 15) is 0 Å². The highest BCUT2D eigenvalue weighted by molar-refractivity contribution is 8.04. The number of rotatable bonds is 1. The van der Waals surface area contributed by atoms with Crippen LogP contribution >= 0.6 is 11.8 Å². The van der Waals surface area contributed by atoms with Crippen LogP contribution in [0.5, 0.6) is 0 Å². The molecule has 0 saturated carbocycles. The SMILES string of the molecule is [2H]C([2H])([2H])C1=NC2OC3=C([C@@H]4NCC=C5S[C@H](C)[C@H](C)C54)CCCC3C2CC1. The van der Waals surface area contributed by atoms with Crippen molar-refractivity contribution >= 4 is 17.5 Å². The number of aliphatic imine (C=N–C) groups is 1. The predicted octanol–water partition coefficient (Wildman–Crippen LogP) is 4.51. The van der Waals surface area contributed by atoms with Gasteiger partial charge >= 0.3 is 0 Å². The molecule has 5 rings (SSSR count). The summed E-state index contributed by atoms with van der Waals surface area (Å²) in [6.07, 6.45) is 7.01. The second-order valence-corrected chi connectivity index (χ2v) is 9.83. The highest BCUT2D eigenvalue weighted by Gasteiger charge is 2.49. The number of allylic oxidation sites excluding steroid dienone is 1. The molecule has 7 atom stereocenters. The first-order valence-electron chi connectivity index (χ1n) is 11.4. The molecule has 136 valence electrons. The Bertz CT molecular complexity index is 759. The molecule has 3 nitrogen and oxygen atoms in total. The maximum Gasteiger partial charge on any atom is 0.192 e. The molecule has 0 spiro atoms. The molecule has 2 saturated heterocycles. The van der Waals surface area contributed by atoms with E-state index in [-0.39, 0.29) is 6.23 Å². The Balaban J connectivity index is 1.48. The molecule has 0 amide bonds. The van der Waals surface area contributed by atoms with Crippen LogP contribution in [0.4, 0.5) is 0 Å². The van der Waals surface area contributed by atoms with E-state index in [0.29, 0.717) is 47.1 Å². The van der Waals surface area contributed by atoms with E-state index in [1.165, 1.54) is 12.0 Å². The molecule has 1 N–H and O–H groups in total. The average Bonchev–Trinajstić information content (AvgIpc) is 3.18. The molecule has 0 aromatic carbocycles. The van der Waals surface area contributed by atoms with E-state index in [4.69, 9.17) is 8.85 Å². The van der Waals surface area contributed by atoms with E-state index in [2.05, 4.69) is 30.2 Å². The normalized spacial score (nSPS) is 48.2. The second kappa shape index (κ2) is 6.16. The number of fused-ring (bicyclic) bond motifs is 4. The van der Waals surface area contributed by atoms with Gasteiger partial charge in [-0.2, -0.15) is 0 Å². The van der Waals surface area contributed by atoms with Gasteiger partial charge in [-0.25, -0.2) is 0 Å². The van der Waals surface area contributed by atoms with Crippen LogP contribution < -0.4 is 5.32 Å². The molecule has 0 radical (unpaired) electrons. The third kappa shape index (κ3) is 2.55. The minimum atomic E-state index is -2.09. The largest absolute Gasteiger partial charge is 0.472 e. The number of ether oxygens (including phenoxy) is 1. The fourth-order valence-electron chi connectivity index (χ4n) is 5.65. The molecule has 4 aliphatic heterocycles. The molecule has 1 aliphatic carbocycles. The summed E-state index contributed by atoms with van der Waals surface area (Å²) in [4.78, 5) is 6.13. The van der Waals surface area contributed by atoms with E-state index < -0.39 is 6.85 Å². The lowest BCUT2D eigenvalue weighted by molar-refractivity contribution is 0.127. The molecule has 4 heterocycles. The van der Waals surface area contributed by atoms with Gasteiger partial charge in [0.2, 0.25) is 0 Å². The Hall–Kier alpha value is -0.740. The van der Waals surface area contributed by atoms with Crippen molar-refractivity contribution in [2.45, 2.75) is 70.3 Å². The van der Waals surface area contributed by atoms with Crippen LogP contribution in [-0.4, -0.2) is 29.8 Å². The van der Waals surface area contributed by atoms with Crippen molar-refractivity contribution < 1.29 is 8.85 Å². The Kier molecular flexibility index (Phi) is 3.31. The Morgan fingerprint density at radius 1 is 1.32 bits per heavy atom. The zero-order valence-corrected chi connectivity index (χ0v) is 15.9. The summed E-state index contributed by atoms with van der Waals surface area (Å²) in [5.74, 6) is 3.12. The summed E-state index contributed by atoms with van der Waals surface area (Å²) in [5.41, 5.74) is 1.80. The monoisotopic (exact) mass is 361 g/mol. The zero-order chi connectivity index (χ0) is 19.6. The average molecular weight is 362 g/mol. The van der Waals surface area contributed by atoms with Gasteiger partial charge in [0.15, 0.2) is 6.23 Å². The van der Waals surface area contributed by atoms with Crippen molar-refractivity contribution in [2.75, 3.05) is 6.54 Å². The summed E-state index contributed by atoms with van der Waals surface area (Å²) in [5, 5.41) is 4.44. The Morgan fingerprint density at radius 2 is 2.24 bits per heavy atom. The van der Waals surface area contributed by atoms with Crippen molar-refractivity contribution in [1.82, 2.24) is 5.32 Å². The molecule has 4 heteroatoms. The lowest BCUT2D eigenvalue weighted by Crippen LogP contribution is -2.44. The quantitative estimate of drug-likeness (QED) is 0.746. The highest BCUT2D eigenvalue weighted by atomic mass is 32.2. The predicted molar refractivity (Wildman–Crippen MR) is 105 cm³/mol. The van der Waals surface area contributed by atoms with Gasteiger partial charge in [-0.1, -0.05) is 19.9 Å². The van der Waals surface area contributed by atoms with Gasteiger partial charge in [-0.15, -0.1) is 11.8 Å². The first kappa shape index (κ1) is 13.4. The maximum absolute atomic E-state index is 7.72. The van der Waals surface area contributed by atoms with Crippen molar-refractivity contribution in [1.29, 1.82) is 0 Å². The van der Waals surface area contributed by atoms with Crippen LogP contribution in [0.3, 0.4) is 0 Å². The highest BCUT2D eigenvalue weighted by Crippen LogP contribution is 2.53. The minimum absolute atomic E-state index is 0.287. The van der Waals surface area contributed by atoms with Crippen LogP contribution in [0.2, 0.25) is 0 Å². The molecule has 5 aliphatic rings. The summed E-state index contributed by atoms with van der Waals surface area (Å²) in [6.45, 7) is 3.57. The maximum atomic E-state index is 7.72. The van der Waals surface area contributed by atoms with Crippen LogP contribution in [-0.2, 0) is 4.74 Å². The first-order chi connectivity index (χ1) is 13.3. The zero-order valence-electron chi connectivity index (χ0n) is 18.1. The summed E-state index contributed by atoms with van der Waals surface area (Å²) < 4.78 is 29.6. The summed E-state index contributed by atoms with van der Waals surface area (Å²) in [6, 6.07) is 0.358. The van der Waals surface area contributed by atoms with Crippen LogP contribution in [0.1, 0.15) is 56.9 Å². The van der Waals surface area contributed by atoms with Gasteiger partial charge in [0.05, 0.1) is 0 Å². The van der Waals surface area contributed by atoms with Crippen molar-refractivity contribution in [3.8, 4) is 0 Å². The first-order valence-corrected chi connectivity index (χ1v) is 10.8. The van der Waals surface area contributed by atoms with E-state index in [1.54, 1.807) is 4.91 Å². The topological polar surface area (TPSA) is 33.6 Å². The van der Waals surface area contributed by atoms with Gasteiger partial charge in [-0.05, 0) is 55.4 Å². The van der Waals surface area contributed by atoms with Crippen LogP contribution in [0.15, 0.2) is 27.3 Å². The van der Waals surface area contributed by atoms with Crippen LogP contribution in [0.25, 0.3) is 0 Å². The van der Waals surface area contributed by atoms with E-state index in [0.717, 1.165) is 31.6 Å². The number of nitrogens with one attached hydrogen (secondary N) is 1. The molecular formula is C21H30N2OS. The van der Waals surface area contributed by atoms with E-state index in [1.807, 2.05) is 11.8 Å². The van der Waals surface area contributed by atoms with Crippen molar-refractivity contribution in [3.05, 3.63) is 22.3 Å². The number of thioether (sulfide) groups is 1. The third-order valence-electron chi connectivity index (χ3n) is 7.08. The summed E-state index contributed by atoms with van der Waals surface area (Å²) >= 11 is 2.05. The molecule has 2 fully saturated rings. The van der Waals surface area contributed by atoms with Gasteiger partial charge in [-0.3, -0.25) is 4.99 Å². The van der Waals surface area contributed by atoms with Crippen molar-refractivity contribution in [3.63, 3.8) is 0 Å². The molecular weight excluding hydrogens is 328 g/mol. The lowest BCUT2D eigenvalue weighted by atomic mass is 9.73. The van der Waals surface area contributed by atoms with Gasteiger partial charge in [0, 0.05) is 45.4 Å². The number of nitrogens with zero attached hydrogens (tertiary/aromatic N) is 1. The summed E-state index contributed by atoms with van der Waals surface area (Å²) in [7, 11) is 0. The fourth-order valence-corrected chi connectivity index (χ4v) is 7.15. The Morgan fingerprint density at radius 3 is 3.12 bits per heavy atom. The minimum Gasteiger partial charge on any atom is -0.472 e. The van der Waals surface area contributed by atoms with Gasteiger partial charge in [0.1, 0.15) is 5.76 Å². The second-order valence-electron chi connectivity index (χ2n) is 8.38. The van der Waals surface area contributed by atoms with Gasteiger partial charge < -0.3 is 10.1 Å². The molecule has 0 aromatic heterocycles. The molecule has 0 bridgehead atoms. The smallest absolute Gasteiger partial charge is 0.192 e. The van der Waals surface area contributed by atoms with Crippen LogP contribution in [0, 0.1) is 23.7 Å². The lowest BCUT2D eigenvalue weighted by Gasteiger charge is -2.37. The number of hydrogen-bond donors (Lipinski definition) is 1. The Labute approximate surface area is 160 Å². The molecule has 25 heavy (non-hydrogen) atoms. The van der Waals surface area contributed by atoms with Crippen molar-refractivity contribution in [2.24, 2.45) is 28.7 Å².